The second-order valence-electron chi connectivity index (χ2n) is 6.59. The molecule has 0 unspecified atom stereocenters. The molecule has 5 nitrogen and oxygen atoms in total. The maximum atomic E-state index is 13.2. The van der Waals surface area contributed by atoms with Gasteiger partial charge < -0.3 is 14.4 Å². The van der Waals surface area contributed by atoms with Crippen LogP contribution in [0, 0.1) is 6.92 Å². The van der Waals surface area contributed by atoms with Crippen molar-refractivity contribution in [1.29, 1.82) is 0 Å². The van der Waals surface area contributed by atoms with Gasteiger partial charge in [-0.25, -0.2) is 0 Å². The van der Waals surface area contributed by atoms with Crippen LogP contribution >= 0.6 is 0 Å². The van der Waals surface area contributed by atoms with Crippen LogP contribution in [0.15, 0.2) is 24.3 Å². The lowest BCUT2D eigenvalue weighted by Crippen LogP contribution is -2.51. The fraction of sp³-hybridized carbons (Fsp3) is 0.474. The van der Waals surface area contributed by atoms with Gasteiger partial charge in [-0.05, 0) is 50.5 Å². The summed E-state index contributed by atoms with van der Waals surface area (Å²) in [5, 5.41) is 0.930. The van der Waals surface area contributed by atoms with E-state index in [9.17, 15) is 4.79 Å². The standard InChI is InChI=1S/C19H22N2O3/c1-12-15(11-13-10-14(23-2)6-7-16(13)20-12)19(22)21-8-9-24-18-5-3-4-17(18)21/h6-7,10-11,17-18H,3-5,8-9H2,1-2H3/t17-,18+/m0/s1. The van der Waals surface area contributed by atoms with Crippen molar-refractivity contribution in [1.82, 2.24) is 9.88 Å². The van der Waals surface area contributed by atoms with E-state index < -0.39 is 0 Å². The van der Waals surface area contributed by atoms with Gasteiger partial charge in [0.2, 0.25) is 0 Å². The molecule has 2 aliphatic rings. The summed E-state index contributed by atoms with van der Waals surface area (Å²) in [6, 6.07) is 7.91. The monoisotopic (exact) mass is 326 g/mol. The van der Waals surface area contributed by atoms with E-state index in [4.69, 9.17) is 9.47 Å². The highest BCUT2D eigenvalue weighted by molar-refractivity contribution is 5.99. The van der Waals surface area contributed by atoms with Crippen LogP contribution in [0.25, 0.3) is 10.9 Å². The Morgan fingerprint density at radius 1 is 1.33 bits per heavy atom. The third-order valence-electron chi connectivity index (χ3n) is 5.19. The molecule has 1 aliphatic carbocycles. The Hall–Kier alpha value is -2.14. The van der Waals surface area contributed by atoms with Gasteiger partial charge >= 0.3 is 0 Å². The predicted octanol–water partition coefficient (Wildman–Crippen LogP) is 2.95. The normalized spacial score (nSPS) is 23.3. The number of benzene rings is 1. The first-order valence-corrected chi connectivity index (χ1v) is 8.55. The molecule has 4 rings (SSSR count). The Bertz CT molecular complexity index is 790. The molecule has 0 N–H and O–H groups in total. The molecule has 0 bridgehead atoms. The number of aryl methyl sites for hydroxylation is 1. The second kappa shape index (κ2) is 6.06. The summed E-state index contributed by atoms with van der Waals surface area (Å²) >= 11 is 0. The van der Waals surface area contributed by atoms with Crippen molar-refractivity contribution < 1.29 is 14.3 Å². The molecule has 2 aromatic rings. The SMILES string of the molecule is COc1ccc2nc(C)c(C(=O)N3CCO[C@@H]4CCC[C@@H]43)cc2c1. The van der Waals surface area contributed by atoms with Crippen LogP contribution in [-0.4, -0.2) is 48.2 Å². The van der Waals surface area contributed by atoms with E-state index in [0.717, 1.165) is 41.6 Å². The summed E-state index contributed by atoms with van der Waals surface area (Å²) in [5.74, 6) is 0.846. The van der Waals surface area contributed by atoms with Crippen LogP contribution < -0.4 is 4.74 Å². The molecule has 1 amide bonds. The number of pyridine rings is 1. The van der Waals surface area contributed by atoms with E-state index in [0.29, 0.717) is 18.7 Å². The Morgan fingerprint density at radius 2 is 2.21 bits per heavy atom. The van der Waals surface area contributed by atoms with Gasteiger partial charge in [-0.2, -0.15) is 0 Å². The minimum Gasteiger partial charge on any atom is -0.497 e. The van der Waals surface area contributed by atoms with E-state index in [2.05, 4.69) is 4.98 Å². The minimum absolute atomic E-state index is 0.0740. The molecule has 0 spiro atoms. The number of morpholine rings is 1. The maximum absolute atomic E-state index is 13.2. The number of fused-ring (bicyclic) bond motifs is 2. The van der Waals surface area contributed by atoms with Crippen molar-refractivity contribution in [3.8, 4) is 5.75 Å². The molecule has 2 atom stereocenters. The summed E-state index contributed by atoms with van der Waals surface area (Å²) in [6.45, 7) is 3.19. The van der Waals surface area contributed by atoms with Gasteiger partial charge in [0, 0.05) is 11.9 Å². The van der Waals surface area contributed by atoms with Crippen molar-refractivity contribution >= 4 is 16.8 Å². The van der Waals surface area contributed by atoms with Crippen molar-refractivity contribution in [3.63, 3.8) is 0 Å². The van der Waals surface area contributed by atoms with Gasteiger partial charge in [0.25, 0.3) is 5.91 Å². The van der Waals surface area contributed by atoms with Gasteiger partial charge in [-0.1, -0.05) is 0 Å². The highest BCUT2D eigenvalue weighted by Gasteiger charge is 2.39. The lowest BCUT2D eigenvalue weighted by Gasteiger charge is -2.37. The molecule has 1 aromatic carbocycles. The van der Waals surface area contributed by atoms with E-state index in [1.807, 2.05) is 36.1 Å². The fourth-order valence-corrected chi connectivity index (χ4v) is 3.93. The quantitative estimate of drug-likeness (QED) is 0.851. The number of hydrogen-bond donors (Lipinski definition) is 0. The smallest absolute Gasteiger partial charge is 0.256 e. The number of ether oxygens (including phenoxy) is 2. The number of rotatable bonds is 2. The Balaban J connectivity index is 1.71. The average molecular weight is 326 g/mol. The zero-order valence-corrected chi connectivity index (χ0v) is 14.1. The van der Waals surface area contributed by atoms with Gasteiger partial charge in [-0.15, -0.1) is 0 Å². The number of aromatic nitrogens is 1. The largest absolute Gasteiger partial charge is 0.497 e. The van der Waals surface area contributed by atoms with Gasteiger partial charge in [-0.3, -0.25) is 9.78 Å². The zero-order chi connectivity index (χ0) is 16.7. The van der Waals surface area contributed by atoms with Crippen LogP contribution in [0.1, 0.15) is 35.3 Å². The Labute approximate surface area is 141 Å². The first-order valence-electron chi connectivity index (χ1n) is 8.55. The van der Waals surface area contributed by atoms with Crippen molar-refractivity contribution in [2.24, 2.45) is 0 Å². The summed E-state index contributed by atoms with van der Waals surface area (Å²) in [6.07, 6.45) is 3.42. The highest BCUT2D eigenvalue weighted by atomic mass is 16.5. The van der Waals surface area contributed by atoms with Crippen LogP contribution in [0.5, 0.6) is 5.75 Å². The molecule has 2 heterocycles. The molecular formula is C19H22N2O3. The summed E-state index contributed by atoms with van der Waals surface area (Å²) in [7, 11) is 1.64. The topological polar surface area (TPSA) is 51.7 Å². The zero-order valence-electron chi connectivity index (χ0n) is 14.1. The van der Waals surface area contributed by atoms with Gasteiger partial charge in [0.05, 0.1) is 42.6 Å². The Morgan fingerprint density at radius 3 is 3.04 bits per heavy atom. The summed E-state index contributed by atoms with van der Waals surface area (Å²) in [4.78, 5) is 19.8. The molecule has 126 valence electrons. The second-order valence-corrected chi connectivity index (χ2v) is 6.59. The highest BCUT2D eigenvalue weighted by Crippen LogP contribution is 2.31. The Kier molecular flexibility index (Phi) is 3.88. The van der Waals surface area contributed by atoms with E-state index in [1.165, 1.54) is 0 Å². The molecule has 5 heteroatoms. The maximum Gasteiger partial charge on any atom is 0.256 e. The number of carbonyl (C=O) groups is 1. The number of hydrogen-bond acceptors (Lipinski definition) is 4. The average Bonchev–Trinajstić information content (AvgIpc) is 3.09. The van der Waals surface area contributed by atoms with Crippen molar-refractivity contribution in [3.05, 3.63) is 35.5 Å². The molecule has 1 saturated heterocycles. The van der Waals surface area contributed by atoms with E-state index in [-0.39, 0.29) is 18.1 Å². The first-order chi connectivity index (χ1) is 11.7. The van der Waals surface area contributed by atoms with Crippen LogP contribution in [0.2, 0.25) is 0 Å². The molecule has 1 aliphatic heterocycles. The number of methoxy groups -OCH3 is 1. The third kappa shape index (κ3) is 2.53. The molecule has 24 heavy (non-hydrogen) atoms. The van der Waals surface area contributed by atoms with Crippen molar-refractivity contribution in [2.75, 3.05) is 20.3 Å². The van der Waals surface area contributed by atoms with E-state index in [1.54, 1.807) is 7.11 Å². The van der Waals surface area contributed by atoms with Crippen molar-refractivity contribution in [2.45, 2.75) is 38.3 Å². The van der Waals surface area contributed by atoms with Crippen LogP contribution in [0.4, 0.5) is 0 Å². The van der Waals surface area contributed by atoms with Gasteiger partial charge in [0.15, 0.2) is 0 Å². The summed E-state index contributed by atoms with van der Waals surface area (Å²) < 4.78 is 11.1. The van der Waals surface area contributed by atoms with Crippen LogP contribution in [-0.2, 0) is 4.74 Å². The van der Waals surface area contributed by atoms with Crippen LogP contribution in [0.3, 0.4) is 0 Å². The van der Waals surface area contributed by atoms with Gasteiger partial charge in [0.1, 0.15) is 5.75 Å². The molecule has 0 radical (unpaired) electrons. The molecule has 1 saturated carbocycles. The molecule has 2 fully saturated rings. The number of amides is 1. The van der Waals surface area contributed by atoms with E-state index >= 15 is 0 Å². The lowest BCUT2D eigenvalue weighted by atomic mass is 10.0. The third-order valence-corrected chi connectivity index (χ3v) is 5.19. The summed E-state index contributed by atoms with van der Waals surface area (Å²) in [5.41, 5.74) is 2.34. The first kappa shape index (κ1) is 15.4. The predicted molar refractivity (Wildman–Crippen MR) is 91.4 cm³/mol. The number of carbonyl (C=O) groups excluding carboxylic acids is 1. The fourth-order valence-electron chi connectivity index (χ4n) is 3.93. The number of nitrogens with zero attached hydrogens (tertiary/aromatic N) is 2. The lowest BCUT2D eigenvalue weighted by molar-refractivity contribution is -0.0445. The molecule has 1 aromatic heterocycles. The minimum atomic E-state index is 0.0740. The molecular weight excluding hydrogens is 304 g/mol.